The van der Waals surface area contributed by atoms with Crippen LogP contribution in [0.5, 0.6) is 17.2 Å². The summed E-state index contributed by atoms with van der Waals surface area (Å²) >= 11 is 1.52. The van der Waals surface area contributed by atoms with E-state index >= 15 is 0 Å². The van der Waals surface area contributed by atoms with E-state index in [0.717, 1.165) is 45.6 Å². The first kappa shape index (κ1) is 16.7. The predicted octanol–water partition coefficient (Wildman–Crippen LogP) is 4.98. The van der Waals surface area contributed by atoms with E-state index in [1.165, 1.54) is 11.3 Å². The lowest BCUT2D eigenvalue weighted by atomic mass is 9.99. The van der Waals surface area contributed by atoms with Crippen molar-refractivity contribution in [3.63, 3.8) is 0 Å². The molecule has 0 radical (unpaired) electrons. The smallest absolute Gasteiger partial charge is 0.187 e. The van der Waals surface area contributed by atoms with Crippen LogP contribution in [0.25, 0.3) is 11.3 Å². The molecular weight excluding hydrogens is 348 g/mol. The molecule has 134 valence electrons. The average Bonchev–Trinajstić information content (AvgIpc) is 3.16. The van der Waals surface area contributed by atoms with Crippen molar-refractivity contribution in [2.45, 2.75) is 25.9 Å². The van der Waals surface area contributed by atoms with Gasteiger partial charge in [-0.15, -0.1) is 11.3 Å². The summed E-state index contributed by atoms with van der Waals surface area (Å²) in [5.41, 5.74) is 3.59. The van der Waals surface area contributed by atoms with Crippen LogP contribution >= 0.6 is 11.3 Å². The molecule has 26 heavy (non-hydrogen) atoms. The van der Waals surface area contributed by atoms with E-state index in [1.54, 1.807) is 25.3 Å². The number of phenolic OH excluding ortho intramolecular Hbond substituents is 1. The lowest BCUT2D eigenvalue weighted by Gasteiger charge is -2.17. The molecule has 3 aromatic rings. The van der Waals surface area contributed by atoms with E-state index in [2.05, 4.69) is 30.2 Å². The third-order valence-corrected chi connectivity index (χ3v) is 5.00. The highest BCUT2D eigenvalue weighted by Gasteiger charge is 2.33. The molecule has 4 rings (SSSR count). The van der Waals surface area contributed by atoms with E-state index < -0.39 is 0 Å². The number of thiazole rings is 1. The van der Waals surface area contributed by atoms with Crippen LogP contribution in [0.3, 0.4) is 0 Å². The Morgan fingerprint density at radius 1 is 1.27 bits per heavy atom. The van der Waals surface area contributed by atoms with Gasteiger partial charge in [-0.1, -0.05) is 6.07 Å². The summed E-state index contributed by atoms with van der Waals surface area (Å²) in [5.74, 6) is 1.78. The van der Waals surface area contributed by atoms with Crippen LogP contribution < -0.4 is 14.8 Å². The molecular formula is C20H20N2O3S. The molecule has 6 heteroatoms. The highest BCUT2D eigenvalue weighted by atomic mass is 32.1. The maximum absolute atomic E-state index is 9.58. The maximum atomic E-state index is 9.58. The Bertz CT molecular complexity index is 965. The second-order valence-corrected chi connectivity index (χ2v) is 7.78. The van der Waals surface area contributed by atoms with Crippen molar-refractivity contribution in [1.82, 2.24) is 4.98 Å². The molecule has 0 saturated heterocycles. The van der Waals surface area contributed by atoms with Crippen LogP contribution in [-0.2, 0) is 6.42 Å². The number of aromatic hydroxyl groups is 1. The number of methoxy groups -OCH3 is 1. The minimum Gasteiger partial charge on any atom is -0.508 e. The van der Waals surface area contributed by atoms with Crippen molar-refractivity contribution in [3.8, 4) is 28.5 Å². The molecule has 0 amide bonds. The van der Waals surface area contributed by atoms with Gasteiger partial charge in [-0.2, -0.15) is 0 Å². The fourth-order valence-corrected chi connectivity index (χ4v) is 3.89. The summed E-state index contributed by atoms with van der Waals surface area (Å²) in [4.78, 5) is 4.67. The molecule has 0 bridgehead atoms. The standard InChI is InChI=1S/C20H20N2O3S/c1-20(2)10-13-7-12(8-17(24-3)18(13)25-20)16-11-26-19(22-16)21-14-5-4-6-15(23)9-14/h4-9,11,23H,10H2,1-3H3,(H,21,22). The predicted molar refractivity (Wildman–Crippen MR) is 104 cm³/mol. The molecule has 2 N–H and O–H groups in total. The van der Waals surface area contributed by atoms with E-state index in [-0.39, 0.29) is 11.4 Å². The van der Waals surface area contributed by atoms with Gasteiger partial charge in [-0.05, 0) is 38.1 Å². The summed E-state index contributed by atoms with van der Waals surface area (Å²) in [6, 6.07) is 11.1. The molecule has 1 aromatic heterocycles. The minimum atomic E-state index is -0.224. The second kappa shape index (κ2) is 6.21. The molecule has 0 fully saturated rings. The van der Waals surface area contributed by atoms with Crippen LogP contribution in [0.15, 0.2) is 41.8 Å². The van der Waals surface area contributed by atoms with Gasteiger partial charge in [-0.25, -0.2) is 4.98 Å². The van der Waals surface area contributed by atoms with Gasteiger partial charge in [0, 0.05) is 34.7 Å². The van der Waals surface area contributed by atoms with E-state index in [0.29, 0.717) is 0 Å². The van der Waals surface area contributed by atoms with Crippen molar-refractivity contribution in [2.75, 3.05) is 12.4 Å². The molecule has 0 unspecified atom stereocenters. The molecule has 0 aliphatic carbocycles. The van der Waals surface area contributed by atoms with Gasteiger partial charge in [0.1, 0.15) is 11.4 Å². The van der Waals surface area contributed by atoms with Crippen molar-refractivity contribution in [2.24, 2.45) is 0 Å². The molecule has 2 heterocycles. The lowest BCUT2D eigenvalue weighted by molar-refractivity contribution is 0.134. The van der Waals surface area contributed by atoms with Gasteiger partial charge >= 0.3 is 0 Å². The first-order chi connectivity index (χ1) is 12.4. The zero-order chi connectivity index (χ0) is 18.3. The quantitative estimate of drug-likeness (QED) is 0.680. The fraction of sp³-hybridized carbons (Fsp3) is 0.250. The number of nitrogens with one attached hydrogen (secondary N) is 1. The molecule has 1 aliphatic heterocycles. The number of phenols is 1. The van der Waals surface area contributed by atoms with Gasteiger partial charge in [-0.3, -0.25) is 0 Å². The number of anilines is 2. The SMILES string of the molecule is COc1cc(-c2csc(Nc3cccc(O)c3)n2)cc2c1OC(C)(C)C2. The van der Waals surface area contributed by atoms with Crippen LogP contribution in [0.1, 0.15) is 19.4 Å². The van der Waals surface area contributed by atoms with Crippen LogP contribution in [0.4, 0.5) is 10.8 Å². The lowest BCUT2D eigenvalue weighted by Crippen LogP contribution is -2.24. The average molecular weight is 368 g/mol. The summed E-state index contributed by atoms with van der Waals surface area (Å²) in [5, 5.41) is 15.6. The molecule has 1 aliphatic rings. The third-order valence-electron chi connectivity index (χ3n) is 4.24. The third kappa shape index (κ3) is 3.20. The van der Waals surface area contributed by atoms with Gasteiger partial charge in [0.25, 0.3) is 0 Å². The highest BCUT2D eigenvalue weighted by Crippen LogP contribution is 2.44. The zero-order valence-corrected chi connectivity index (χ0v) is 15.7. The van der Waals surface area contributed by atoms with Gasteiger partial charge < -0.3 is 19.9 Å². The summed E-state index contributed by atoms with van der Waals surface area (Å²) in [7, 11) is 1.66. The van der Waals surface area contributed by atoms with Gasteiger partial charge in [0.05, 0.1) is 12.8 Å². The number of benzene rings is 2. The largest absolute Gasteiger partial charge is 0.508 e. The fourth-order valence-electron chi connectivity index (χ4n) is 3.15. The number of hydrogen-bond acceptors (Lipinski definition) is 6. The molecule has 0 spiro atoms. The van der Waals surface area contributed by atoms with Gasteiger partial charge in [0.15, 0.2) is 16.6 Å². The van der Waals surface area contributed by atoms with Crippen molar-refractivity contribution >= 4 is 22.2 Å². The number of hydrogen-bond donors (Lipinski definition) is 2. The first-order valence-electron chi connectivity index (χ1n) is 8.35. The Morgan fingerprint density at radius 2 is 2.12 bits per heavy atom. The number of rotatable bonds is 4. The second-order valence-electron chi connectivity index (χ2n) is 6.92. The van der Waals surface area contributed by atoms with Crippen LogP contribution in [0, 0.1) is 0 Å². The minimum absolute atomic E-state index is 0.220. The highest BCUT2D eigenvalue weighted by molar-refractivity contribution is 7.14. The Labute approximate surface area is 156 Å². The molecule has 0 saturated carbocycles. The topological polar surface area (TPSA) is 63.6 Å². The van der Waals surface area contributed by atoms with Crippen molar-refractivity contribution in [1.29, 1.82) is 0 Å². The number of ether oxygens (including phenoxy) is 2. The maximum Gasteiger partial charge on any atom is 0.187 e. The Hall–Kier alpha value is -2.73. The Morgan fingerprint density at radius 3 is 2.88 bits per heavy atom. The van der Waals surface area contributed by atoms with E-state index in [4.69, 9.17) is 9.47 Å². The number of nitrogens with zero attached hydrogens (tertiary/aromatic N) is 1. The van der Waals surface area contributed by atoms with Crippen molar-refractivity contribution in [3.05, 3.63) is 47.3 Å². The summed E-state index contributed by atoms with van der Waals surface area (Å²) in [6.45, 7) is 4.15. The first-order valence-corrected chi connectivity index (χ1v) is 9.23. The van der Waals surface area contributed by atoms with Crippen LogP contribution in [0.2, 0.25) is 0 Å². The molecule has 0 atom stereocenters. The Balaban J connectivity index is 1.64. The van der Waals surface area contributed by atoms with Gasteiger partial charge in [0.2, 0.25) is 0 Å². The normalized spacial score (nSPS) is 14.6. The van der Waals surface area contributed by atoms with E-state index in [1.807, 2.05) is 17.5 Å². The summed E-state index contributed by atoms with van der Waals surface area (Å²) in [6.07, 6.45) is 0.838. The molecule has 5 nitrogen and oxygen atoms in total. The number of fused-ring (bicyclic) bond motifs is 1. The van der Waals surface area contributed by atoms with Crippen molar-refractivity contribution < 1.29 is 14.6 Å². The Kier molecular flexibility index (Phi) is 4.00. The zero-order valence-electron chi connectivity index (χ0n) is 14.9. The monoisotopic (exact) mass is 368 g/mol. The number of aromatic nitrogens is 1. The summed E-state index contributed by atoms with van der Waals surface area (Å²) < 4.78 is 11.6. The van der Waals surface area contributed by atoms with E-state index in [9.17, 15) is 5.11 Å². The van der Waals surface area contributed by atoms with Crippen LogP contribution in [-0.4, -0.2) is 22.8 Å². The molecule has 2 aromatic carbocycles.